The Labute approximate surface area is 181 Å². The summed E-state index contributed by atoms with van der Waals surface area (Å²) in [6.07, 6.45) is 3.99. The maximum absolute atomic E-state index is 13.0. The molecule has 0 N–H and O–H groups in total. The van der Waals surface area contributed by atoms with Gasteiger partial charge in [0, 0.05) is 6.54 Å². The van der Waals surface area contributed by atoms with E-state index in [9.17, 15) is 13.2 Å². The van der Waals surface area contributed by atoms with E-state index in [4.69, 9.17) is 4.98 Å². The number of para-hydroxylation sites is 1. The fraction of sp³-hybridized carbons (Fsp3) is 0.391. The first-order valence-corrected chi connectivity index (χ1v) is 13.0. The Balaban J connectivity index is 1.41. The molecular formula is C23H26N2O3S2. The zero-order chi connectivity index (χ0) is 21.0. The number of likely N-dealkylation sites (tertiary alicyclic amines) is 1. The maximum Gasteiger partial charge on any atom is 0.238 e. The van der Waals surface area contributed by atoms with Crippen LogP contribution in [0.1, 0.15) is 42.3 Å². The smallest absolute Gasteiger partial charge is 0.238 e. The van der Waals surface area contributed by atoms with Crippen LogP contribution in [0.3, 0.4) is 0 Å². The summed E-state index contributed by atoms with van der Waals surface area (Å²) in [5, 5.41) is 0.908. The highest BCUT2D eigenvalue weighted by Gasteiger charge is 2.32. The molecule has 1 amide bonds. The van der Waals surface area contributed by atoms with Crippen molar-refractivity contribution in [2.45, 2.75) is 38.1 Å². The van der Waals surface area contributed by atoms with Crippen molar-refractivity contribution in [3.05, 3.63) is 65.2 Å². The van der Waals surface area contributed by atoms with Crippen LogP contribution in [0.2, 0.25) is 0 Å². The molecule has 0 radical (unpaired) electrons. The molecule has 1 saturated heterocycles. The molecule has 0 bridgehead atoms. The number of sulfone groups is 1. The highest BCUT2D eigenvalue weighted by Crippen LogP contribution is 2.35. The number of thiazole rings is 1. The van der Waals surface area contributed by atoms with E-state index in [1.165, 1.54) is 0 Å². The van der Waals surface area contributed by atoms with Crippen LogP contribution < -0.4 is 0 Å². The number of aromatic nitrogens is 1. The minimum atomic E-state index is -3.44. The van der Waals surface area contributed by atoms with Crippen LogP contribution in [0.4, 0.5) is 0 Å². The lowest BCUT2D eigenvalue weighted by Crippen LogP contribution is -2.41. The minimum absolute atomic E-state index is 0.0350. The van der Waals surface area contributed by atoms with Gasteiger partial charge < -0.3 is 4.90 Å². The zero-order valence-corrected chi connectivity index (χ0v) is 18.5. The van der Waals surface area contributed by atoms with Gasteiger partial charge in [-0.15, -0.1) is 11.3 Å². The molecule has 2 heterocycles. The van der Waals surface area contributed by atoms with E-state index in [1.807, 2.05) is 54.6 Å². The standard InChI is InChI=1S/C23H26N2O3S2/c26-22(17-30(27,28)16-8-11-18-9-2-1-3-10-18)25-15-7-6-13-20(25)23-24-19-12-4-5-14-21(19)29-23/h1-5,9-10,12,14,20H,6-8,11,13,15-17H2. The zero-order valence-electron chi connectivity index (χ0n) is 16.9. The van der Waals surface area contributed by atoms with Crippen molar-refractivity contribution in [3.8, 4) is 0 Å². The fourth-order valence-electron chi connectivity index (χ4n) is 4.00. The van der Waals surface area contributed by atoms with Gasteiger partial charge in [-0.3, -0.25) is 4.79 Å². The van der Waals surface area contributed by atoms with E-state index in [0.717, 1.165) is 40.1 Å². The third-order valence-electron chi connectivity index (χ3n) is 5.53. The van der Waals surface area contributed by atoms with Gasteiger partial charge >= 0.3 is 0 Å². The lowest BCUT2D eigenvalue weighted by Gasteiger charge is -2.34. The van der Waals surface area contributed by atoms with Gasteiger partial charge in [-0.05, 0) is 49.8 Å². The van der Waals surface area contributed by atoms with Crippen LogP contribution in [-0.4, -0.2) is 42.3 Å². The Morgan fingerprint density at radius 1 is 1.07 bits per heavy atom. The molecule has 2 aromatic carbocycles. The summed E-state index contributed by atoms with van der Waals surface area (Å²) in [6, 6.07) is 17.7. The number of hydrogen-bond donors (Lipinski definition) is 0. The Bertz CT molecular complexity index is 1080. The SMILES string of the molecule is O=C(CS(=O)(=O)CCCc1ccccc1)N1CCCCC1c1nc2ccccc2s1. The van der Waals surface area contributed by atoms with E-state index in [1.54, 1.807) is 16.2 Å². The predicted octanol–water partition coefficient (Wildman–Crippen LogP) is 4.40. The first-order chi connectivity index (χ1) is 14.5. The highest BCUT2D eigenvalue weighted by atomic mass is 32.2. The van der Waals surface area contributed by atoms with Crippen molar-refractivity contribution < 1.29 is 13.2 Å². The summed E-state index contributed by atoms with van der Waals surface area (Å²) in [6.45, 7) is 0.596. The van der Waals surface area contributed by atoms with Crippen LogP contribution in [0.25, 0.3) is 10.2 Å². The number of amides is 1. The van der Waals surface area contributed by atoms with Gasteiger partial charge in [0.1, 0.15) is 10.8 Å². The van der Waals surface area contributed by atoms with Crippen LogP contribution in [0.5, 0.6) is 0 Å². The van der Waals surface area contributed by atoms with Crippen molar-refractivity contribution in [2.24, 2.45) is 0 Å². The number of aryl methyl sites for hydroxylation is 1. The second-order valence-electron chi connectivity index (χ2n) is 7.80. The number of carbonyl (C=O) groups excluding carboxylic acids is 1. The Hall–Kier alpha value is -2.25. The summed E-state index contributed by atoms with van der Waals surface area (Å²) < 4.78 is 26.3. The Morgan fingerprint density at radius 3 is 2.63 bits per heavy atom. The molecule has 1 unspecified atom stereocenters. The van der Waals surface area contributed by atoms with E-state index in [2.05, 4.69) is 0 Å². The summed E-state index contributed by atoms with van der Waals surface area (Å²) in [5.41, 5.74) is 2.05. The Kier molecular flexibility index (Phi) is 6.49. The first kappa shape index (κ1) is 21.0. The molecule has 1 aromatic heterocycles. The lowest BCUT2D eigenvalue weighted by molar-refractivity contribution is -0.132. The molecule has 0 spiro atoms. The first-order valence-electron chi connectivity index (χ1n) is 10.4. The maximum atomic E-state index is 13.0. The summed E-state index contributed by atoms with van der Waals surface area (Å²) in [7, 11) is -3.44. The molecule has 0 aliphatic carbocycles. The molecule has 1 aliphatic heterocycles. The van der Waals surface area contributed by atoms with Gasteiger partial charge in [0.2, 0.25) is 5.91 Å². The molecule has 7 heteroatoms. The molecule has 1 fully saturated rings. The predicted molar refractivity (Wildman–Crippen MR) is 121 cm³/mol. The summed E-state index contributed by atoms with van der Waals surface area (Å²) >= 11 is 1.60. The number of fused-ring (bicyclic) bond motifs is 1. The van der Waals surface area contributed by atoms with E-state index >= 15 is 0 Å². The van der Waals surface area contributed by atoms with Crippen LogP contribution in [-0.2, 0) is 21.1 Å². The molecule has 4 rings (SSSR count). The molecule has 3 aromatic rings. The molecular weight excluding hydrogens is 416 g/mol. The van der Waals surface area contributed by atoms with Gasteiger partial charge in [-0.2, -0.15) is 0 Å². The van der Waals surface area contributed by atoms with Gasteiger partial charge in [0.25, 0.3) is 0 Å². The quantitative estimate of drug-likeness (QED) is 0.544. The van der Waals surface area contributed by atoms with Crippen molar-refractivity contribution in [2.75, 3.05) is 18.1 Å². The van der Waals surface area contributed by atoms with Gasteiger partial charge in [-0.25, -0.2) is 13.4 Å². The number of carbonyl (C=O) groups is 1. The van der Waals surface area contributed by atoms with Gasteiger partial charge in [0.05, 0.1) is 22.0 Å². The fourth-order valence-corrected chi connectivity index (χ4v) is 6.39. The number of hydrogen-bond acceptors (Lipinski definition) is 5. The van der Waals surface area contributed by atoms with Crippen molar-refractivity contribution in [1.82, 2.24) is 9.88 Å². The average Bonchev–Trinajstić information content (AvgIpc) is 3.18. The third kappa shape index (κ3) is 5.08. The summed E-state index contributed by atoms with van der Waals surface area (Å²) in [5.74, 6) is -0.671. The van der Waals surface area contributed by atoms with E-state index in [0.29, 0.717) is 19.4 Å². The summed E-state index contributed by atoms with van der Waals surface area (Å²) in [4.78, 5) is 19.4. The van der Waals surface area contributed by atoms with E-state index < -0.39 is 15.6 Å². The second-order valence-corrected chi connectivity index (χ2v) is 11.0. The van der Waals surface area contributed by atoms with E-state index in [-0.39, 0.29) is 17.7 Å². The number of nitrogens with zero attached hydrogens (tertiary/aromatic N) is 2. The Morgan fingerprint density at radius 2 is 1.83 bits per heavy atom. The highest BCUT2D eigenvalue weighted by molar-refractivity contribution is 7.92. The average molecular weight is 443 g/mol. The van der Waals surface area contributed by atoms with Crippen LogP contribution in [0, 0.1) is 0 Å². The molecule has 30 heavy (non-hydrogen) atoms. The van der Waals surface area contributed by atoms with Gasteiger partial charge in [0.15, 0.2) is 9.84 Å². The van der Waals surface area contributed by atoms with Crippen molar-refractivity contribution in [3.63, 3.8) is 0 Å². The second kappa shape index (κ2) is 9.27. The minimum Gasteiger partial charge on any atom is -0.332 e. The van der Waals surface area contributed by atoms with Crippen LogP contribution in [0.15, 0.2) is 54.6 Å². The number of piperidine rings is 1. The molecule has 0 saturated carbocycles. The van der Waals surface area contributed by atoms with Crippen LogP contribution >= 0.6 is 11.3 Å². The lowest BCUT2D eigenvalue weighted by atomic mass is 10.0. The topological polar surface area (TPSA) is 67.3 Å². The normalized spacial score (nSPS) is 17.3. The monoisotopic (exact) mass is 442 g/mol. The molecule has 158 valence electrons. The van der Waals surface area contributed by atoms with Crippen molar-refractivity contribution in [1.29, 1.82) is 0 Å². The van der Waals surface area contributed by atoms with Gasteiger partial charge in [-0.1, -0.05) is 42.5 Å². The molecule has 5 nitrogen and oxygen atoms in total. The largest absolute Gasteiger partial charge is 0.332 e. The number of rotatable bonds is 7. The number of benzene rings is 2. The molecule has 1 aliphatic rings. The molecule has 1 atom stereocenters. The third-order valence-corrected chi connectivity index (χ3v) is 8.26. The van der Waals surface area contributed by atoms with Crippen molar-refractivity contribution >= 4 is 37.3 Å².